The van der Waals surface area contributed by atoms with Gasteiger partial charge in [0.15, 0.2) is 0 Å². The summed E-state index contributed by atoms with van der Waals surface area (Å²) in [5, 5.41) is 28.6. The lowest BCUT2D eigenvalue weighted by Gasteiger charge is -2.38. The highest BCUT2D eigenvalue weighted by molar-refractivity contribution is 5.69. The average molecular weight is 278 g/mol. The van der Waals surface area contributed by atoms with Crippen molar-refractivity contribution in [1.29, 1.82) is 0 Å². The van der Waals surface area contributed by atoms with Crippen molar-refractivity contribution in [3.05, 3.63) is 0 Å². The van der Waals surface area contributed by atoms with Gasteiger partial charge in [-0.15, -0.1) is 0 Å². The molecule has 19 heavy (non-hydrogen) atoms. The van der Waals surface area contributed by atoms with Gasteiger partial charge in [0.1, 0.15) is 24.4 Å². The first kappa shape index (κ1) is 16.3. The fourth-order valence-electron chi connectivity index (χ4n) is 1.94. The van der Waals surface area contributed by atoms with Gasteiger partial charge in [0.2, 0.25) is 0 Å². The molecule has 3 N–H and O–H groups in total. The summed E-state index contributed by atoms with van der Waals surface area (Å²) in [7, 11) is 1.29. The van der Waals surface area contributed by atoms with Crippen molar-refractivity contribution in [3.63, 3.8) is 0 Å². The average Bonchev–Trinajstić information content (AvgIpc) is 2.42. The third-order valence-electron chi connectivity index (χ3n) is 3.21. The molecule has 112 valence electrons. The van der Waals surface area contributed by atoms with Crippen LogP contribution in [0.3, 0.4) is 0 Å². The number of rotatable bonds is 6. The fourth-order valence-corrected chi connectivity index (χ4v) is 1.94. The first-order valence-corrected chi connectivity index (χ1v) is 6.34. The molecule has 1 saturated heterocycles. The lowest BCUT2D eigenvalue weighted by molar-refractivity contribution is -0.220. The quantitative estimate of drug-likeness (QED) is 0.525. The number of esters is 1. The molecule has 5 unspecified atom stereocenters. The molecule has 1 aliphatic heterocycles. The van der Waals surface area contributed by atoms with Crippen molar-refractivity contribution >= 4 is 5.97 Å². The van der Waals surface area contributed by atoms with Gasteiger partial charge in [-0.1, -0.05) is 6.92 Å². The minimum absolute atomic E-state index is 0.0567. The second kappa shape index (κ2) is 7.76. The van der Waals surface area contributed by atoms with E-state index in [9.17, 15) is 15.0 Å². The van der Waals surface area contributed by atoms with Crippen LogP contribution in [0.2, 0.25) is 0 Å². The molecule has 5 atom stereocenters. The largest absolute Gasteiger partial charge is 0.469 e. The van der Waals surface area contributed by atoms with E-state index in [1.165, 1.54) is 7.11 Å². The normalized spacial score (nSPS) is 32.9. The maximum atomic E-state index is 11.2. The highest BCUT2D eigenvalue weighted by Gasteiger charge is 2.39. The van der Waals surface area contributed by atoms with Gasteiger partial charge < -0.3 is 29.5 Å². The van der Waals surface area contributed by atoms with E-state index in [1.807, 2.05) is 6.92 Å². The minimum Gasteiger partial charge on any atom is -0.469 e. The molecule has 0 aromatic rings. The molecule has 0 aliphatic carbocycles. The molecule has 0 radical (unpaired) electrons. The molecule has 0 saturated carbocycles. The Morgan fingerprint density at radius 1 is 1.42 bits per heavy atom. The lowest BCUT2D eigenvalue weighted by Crippen LogP contribution is -2.55. The van der Waals surface area contributed by atoms with Crippen molar-refractivity contribution in [2.75, 3.05) is 20.3 Å². The maximum absolute atomic E-state index is 11.2. The standard InChI is InChI=1S/C12H22O7/c1-3-7(4-10(14)17-2)19-9-6-18-8(5-13)11(15)12(9)16/h7-9,11-13,15-16H,3-6H2,1-2H3. The number of carbonyl (C=O) groups excluding carboxylic acids is 1. The zero-order valence-corrected chi connectivity index (χ0v) is 11.2. The molecule has 1 heterocycles. The Kier molecular flexibility index (Phi) is 6.67. The van der Waals surface area contributed by atoms with E-state index >= 15 is 0 Å². The van der Waals surface area contributed by atoms with Gasteiger partial charge in [-0.3, -0.25) is 4.79 Å². The monoisotopic (exact) mass is 278 g/mol. The van der Waals surface area contributed by atoms with Crippen LogP contribution in [0.15, 0.2) is 0 Å². The summed E-state index contributed by atoms with van der Waals surface area (Å²) in [6.45, 7) is 1.53. The zero-order chi connectivity index (χ0) is 14.4. The van der Waals surface area contributed by atoms with Crippen LogP contribution in [0.25, 0.3) is 0 Å². The van der Waals surface area contributed by atoms with Crippen LogP contribution in [0.5, 0.6) is 0 Å². The molecule has 1 fully saturated rings. The first-order chi connectivity index (χ1) is 9.03. The first-order valence-electron chi connectivity index (χ1n) is 6.34. The molecular formula is C12H22O7. The molecular weight excluding hydrogens is 256 g/mol. The van der Waals surface area contributed by atoms with Crippen LogP contribution >= 0.6 is 0 Å². The fraction of sp³-hybridized carbons (Fsp3) is 0.917. The van der Waals surface area contributed by atoms with Gasteiger partial charge in [-0.05, 0) is 6.42 Å². The van der Waals surface area contributed by atoms with E-state index in [2.05, 4.69) is 4.74 Å². The summed E-state index contributed by atoms with van der Waals surface area (Å²) in [5.41, 5.74) is 0. The highest BCUT2D eigenvalue weighted by Crippen LogP contribution is 2.20. The van der Waals surface area contributed by atoms with Crippen molar-refractivity contribution in [2.45, 2.75) is 50.3 Å². The molecule has 7 nitrogen and oxygen atoms in total. The molecule has 7 heteroatoms. The third-order valence-corrected chi connectivity index (χ3v) is 3.21. The number of carbonyl (C=O) groups is 1. The Bertz CT molecular complexity index is 283. The van der Waals surface area contributed by atoms with Crippen molar-refractivity contribution in [3.8, 4) is 0 Å². The van der Waals surface area contributed by atoms with E-state index < -0.39 is 36.5 Å². The Labute approximate surface area is 112 Å². The maximum Gasteiger partial charge on any atom is 0.308 e. The van der Waals surface area contributed by atoms with Gasteiger partial charge in [-0.2, -0.15) is 0 Å². The minimum atomic E-state index is -1.21. The Hall–Kier alpha value is -0.730. The summed E-state index contributed by atoms with van der Waals surface area (Å²) < 4.78 is 15.3. The van der Waals surface area contributed by atoms with Crippen LogP contribution in [-0.2, 0) is 19.0 Å². The molecule has 1 aliphatic rings. The third kappa shape index (κ3) is 4.39. The van der Waals surface area contributed by atoms with Crippen LogP contribution in [-0.4, -0.2) is 72.1 Å². The van der Waals surface area contributed by atoms with Crippen LogP contribution in [0.4, 0.5) is 0 Å². The van der Waals surface area contributed by atoms with E-state index in [0.29, 0.717) is 6.42 Å². The number of aliphatic hydroxyl groups is 3. The van der Waals surface area contributed by atoms with E-state index in [1.54, 1.807) is 0 Å². The van der Waals surface area contributed by atoms with Crippen molar-refractivity contribution < 1.29 is 34.3 Å². The number of methoxy groups -OCH3 is 1. The zero-order valence-electron chi connectivity index (χ0n) is 11.2. The summed E-state index contributed by atoms with van der Waals surface area (Å²) in [6.07, 6.45) is -3.67. The molecule has 1 rings (SSSR count). The van der Waals surface area contributed by atoms with E-state index in [-0.39, 0.29) is 19.6 Å². The predicted octanol–water partition coefficient (Wildman–Crippen LogP) is -1.17. The van der Waals surface area contributed by atoms with Gasteiger partial charge in [-0.25, -0.2) is 0 Å². The highest BCUT2D eigenvalue weighted by atomic mass is 16.6. The Balaban J connectivity index is 2.53. The van der Waals surface area contributed by atoms with Crippen LogP contribution in [0, 0.1) is 0 Å². The number of hydrogen-bond donors (Lipinski definition) is 3. The van der Waals surface area contributed by atoms with E-state index in [0.717, 1.165) is 0 Å². The summed E-state index contributed by atoms with van der Waals surface area (Å²) in [4.78, 5) is 11.2. The molecule has 0 aromatic heterocycles. The SMILES string of the molecule is CCC(CC(=O)OC)OC1COC(CO)C(O)C1O. The summed E-state index contributed by atoms with van der Waals surface area (Å²) >= 11 is 0. The van der Waals surface area contributed by atoms with Gasteiger partial charge in [0.25, 0.3) is 0 Å². The van der Waals surface area contributed by atoms with Crippen LogP contribution < -0.4 is 0 Å². The predicted molar refractivity (Wildman–Crippen MR) is 64.4 cm³/mol. The van der Waals surface area contributed by atoms with Gasteiger partial charge >= 0.3 is 5.97 Å². The lowest BCUT2D eigenvalue weighted by atomic mass is 10.00. The summed E-state index contributed by atoms with van der Waals surface area (Å²) in [6, 6.07) is 0. The van der Waals surface area contributed by atoms with Crippen molar-refractivity contribution in [2.24, 2.45) is 0 Å². The number of hydrogen-bond acceptors (Lipinski definition) is 7. The Morgan fingerprint density at radius 3 is 2.63 bits per heavy atom. The smallest absolute Gasteiger partial charge is 0.308 e. The number of ether oxygens (including phenoxy) is 3. The Morgan fingerprint density at radius 2 is 2.11 bits per heavy atom. The second-order valence-corrected chi connectivity index (χ2v) is 4.52. The molecule has 0 aromatic carbocycles. The molecule has 0 spiro atoms. The number of aliphatic hydroxyl groups excluding tert-OH is 3. The summed E-state index contributed by atoms with van der Waals surface area (Å²) in [5.74, 6) is -0.396. The van der Waals surface area contributed by atoms with Gasteiger partial charge in [0.05, 0.1) is 32.8 Å². The topological polar surface area (TPSA) is 105 Å². The van der Waals surface area contributed by atoms with Crippen molar-refractivity contribution in [1.82, 2.24) is 0 Å². The van der Waals surface area contributed by atoms with E-state index in [4.69, 9.17) is 14.6 Å². The van der Waals surface area contributed by atoms with Gasteiger partial charge in [0, 0.05) is 0 Å². The second-order valence-electron chi connectivity index (χ2n) is 4.52. The molecule has 0 amide bonds. The van der Waals surface area contributed by atoms with Crippen LogP contribution in [0.1, 0.15) is 19.8 Å². The molecule has 0 bridgehead atoms.